The first-order valence-electron chi connectivity index (χ1n) is 5.37. The average molecular weight is 242 g/mol. The lowest BCUT2D eigenvalue weighted by atomic mass is 10.1. The normalized spacial score (nSPS) is 24.9. The van der Waals surface area contributed by atoms with Crippen molar-refractivity contribution in [3.63, 3.8) is 0 Å². The number of hydrogen-bond acceptors (Lipinski definition) is 5. The van der Waals surface area contributed by atoms with Crippen LogP contribution < -0.4 is 16.2 Å². The number of hydrogen-bond donors (Lipinski definition) is 2. The van der Waals surface area contributed by atoms with Crippen molar-refractivity contribution in [2.24, 2.45) is 11.8 Å². The second-order valence-electron chi connectivity index (χ2n) is 4.35. The summed E-state index contributed by atoms with van der Waals surface area (Å²) in [5, 5.41) is 0.569. The van der Waals surface area contributed by atoms with Crippen molar-refractivity contribution in [1.29, 1.82) is 0 Å². The van der Waals surface area contributed by atoms with Crippen molar-refractivity contribution in [3.8, 4) is 0 Å². The zero-order chi connectivity index (χ0) is 11.7. The van der Waals surface area contributed by atoms with Crippen LogP contribution in [0.4, 0.5) is 11.8 Å². The summed E-state index contributed by atoms with van der Waals surface area (Å²) >= 11 is 6.11. The molecule has 6 heteroatoms. The molecule has 1 fully saturated rings. The zero-order valence-electron chi connectivity index (χ0n) is 9.44. The van der Waals surface area contributed by atoms with Gasteiger partial charge in [-0.05, 0) is 19.3 Å². The van der Waals surface area contributed by atoms with Crippen LogP contribution >= 0.6 is 11.6 Å². The zero-order valence-corrected chi connectivity index (χ0v) is 10.2. The molecule has 2 atom stereocenters. The van der Waals surface area contributed by atoms with Crippen LogP contribution in [0.3, 0.4) is 0 Å². The van der Waals surface area contributed by atoms with Crippen molar-refractivity contribution in [2.45, 2.75) is 26.3 Å². The lowest BCUT2D eigenvalue weighted by Crippen LogP contribution is -2.28. The number of rotatable bonds is 2. The van der Waals surface area contributed by atoms with Crippen molar-refractivity contribution in [3.05, 3.63) is 11.2 Å². The van der Waals surface area contributed by atoms with Crippen LogP contribution in [-0.4, -0.2) is 22.6 Å². The molecule has 0 saturated carbocycles. The van der Waals surface area contributed by atoms with Crippen LogP contribution in [-0.2, 0) is 0 Å². The van der Waals surface area contributed by atoms with Gasteiger partial charge in [0.25, 0.3) is 0 Å². The molecule has 1 aromatic heterocycles. The van der Waals surface area contributed by atoms with Gasteiger partial charge in [0.2, 0.25) is 5.95 Å². The summed E-state index contributed by atoms with van der Waals surface area (Å²) in [6.45, 7) is 5.38. The van der Waals surface area contributed by atoms with Crippen LogP contribution in [0, 0.1) is 5.92 Å². The van der Waals surface area contributed by atoms with Crippen molar-refractivity contribution < 1.29 is 0 Å². The summed E-state index contributed by atoms with van der Waals surface area (Å²) in [5.74, 6) is 7.11. The Kier molecular flexibility index (Phi) is 3.16. The van der Waals surface area contributed by atoms with Gasteiger partial charge in [-0.3, -0.25) is 5.43 Å². The number of nitrogens with two attached hydrogens (primary N) is 1. The summed E-state index contributed by atoms with van der Waals surface area (Å²) < 4.78 is 0. The molecule has 1 aliphatic heterocycles. The van der Waals surface area contributed by atoms with Crippen molar-refractivity contribution in [1.82, 2.24) is 9.97 Å². The molecule has 1 aliphatic rings. The van der Waals surface area contributed by atoms with Gasteiger partial charge in [0, 0.05) is 12.6 Å². The Bertz CT molecular complexity index is 383. The van der Waals surface area contributed by atoms with E-state index in [-0.39, 0.29) is 0 Å². The minimum absolute atomic E-state index is 0.395. The molecule has 0 spiro atoms. The van der Waals surface area contributed by atoms with Crippen LogP contribution in [0.15, 0.2) is 6.20 Å². The van der Waals surface area contributed by atoms with E-state index < -0.39 is 0 Å². The average Bonchev–Trinajstić information content (AvgIpc) is 2.58. The lowest BCUT2D eigenvalue weighted by Gasteiger charge is -2.23. The largest absolute Gasteiger partial charge is 0.352 e. The van der Waals surface area contributed by atoms with Crippen molar-refractivity contribution >= 4 is 23.4 Å². The standard InChI is InChI=1S/C10H16ClN5/c1-6-3-7(2)16(5-6)9-8(11)4-13-10(14-9)15-12/h4,6-7H,3,5,12H2,1-2H3,(H,13,14,15). The van der Waals surface area contributed by atoms with Gasteiger partial charge < -0.3 is 4.90 Å². The first kappa shape index (κ1) is 11.4. The molecule has 0 bridgehead atoms. The highest BCUT2D eigenvalue weighted by Crippen LogP contribution is 2.32. The molecule has 0 radical (unpaired) electrons. The van der Waals surface area contributed by atoms with E-state index in [4.69, 9.17) is 17.4 Å². The summed E-state index contributed by atoms with van der Waals surface area (Å²) in [5.41, 5.74) is 2.44. The van der Waals surface area contributed by atoms with Crippen LogP contribution in [0.1, 0.15) is 20.3 Å². The third-order valence-corrected chi connectivity index (χ3v) is 3.18. The fraction of sp³-hybridized carbons (Fsp3) is 0.600. The predicted octanol–water partition coefficient (Wildman–Crippen LogP) is 1.65. The molecule has 2 unspecified atom stereocenters. The van der Waals surface area contributed by atoms with Gasteiger partial charge in [0.1, 0.15) is 5.02 Å². The second-order valence-corrected chi connectivity index (χ2v) is 4.76. The Morgan fingerprint density at radius 1 is 1.56 bits per heavy atom. The van der Waals surface area contributed by atoms with Gasteiger partial charge in [0.05, 0.1) is 6.20 Å². The van der Waals surface area contributed by atoms with Crippen LogP contribution in [0.2, 0.25) is 5.02 Å². The van der Waals surface area contributed by atoms with Gasteiger partial charge in [-0.1, -0.05) is 18.5 Å². The first-order chi connectivity index (χ1) is 7.61. The molecule has 0 aliphatic carbocycles. The Balaban J connectivity index is 2.32. The van der Waals surface area contributed by atoms with E-state index in [2.05, 4.69) is 34.1 Å². The molecule has 2 rings (SSSR count). The van der Waals surface area contributed by atoms with Gasteiger partial charge in [0.15, 0.2) is 5.82 Å². The molecule has 16 heavy (non-hydrogen) atoms. The van der Waals surface area contributed by atoms with Crippen LogP contribution in [0.25, 0.3) is 0 Å². The van der Waals surface area contributed by atoms with E-state index in [1.165, 1.54) is 0 Å². The number of nitrogen functional groups attached to an aromatic ring is 1. The smallest absolute Gasteiger partial charge is 0.239 e. The molecule has 1 aromatic rings. The Hall–Kier alpha value is -1.07. The first-order valence-corrected chi connectivity index (χ1v) is 5.75. The number of anilines is 2. The van der Waals surface area contributed by atoms with Crippen LogP contribution in [0.5, 0.6) is 0 Å². The van der Waals surface area contributed by atoms with Crippen molar-refractivity contribution in [2.75, 3.05) is 16.9 Å². The van der Waals surface area contributed by atoms with E-state index in [1.54, 1.807) is 6.20 Å². The predicted molar refractivity (Wildman–Crippen MR) is 65.4 cm³/mol. The number of nitrogens with zero attached hydrogens (tertiary/aromatic N) is 3. The third-order valence-electron chi connectivity index (χ3n) is 2.91. The van der Waals surface area contributed by atoms with E-state index in [9.17, 15) is 0 Å². The summed E-state index contributed by atoms with van der Waals surface area (Å²) in [4.78, 5) is 10.5. The molecule has 0 amide bonds. The van der Waals surface area contributed by atoms with E-state index >= 15 is 0 Å². The number of nitrogens with one attached hydrogen (secondary N) is 1. The summed E-state index contributed by atoms with van der Waals surface area (Å²) in [6.07, 6.45) is 2.74. The SMILES string of the molecule is CC1CC(C)N(c2nc(NN)ncc2Cl)C1. The topological polar surface area (TPSA) is 67.1 Å². The molecule has 0 aromatic carbocycles. The second kappa shape index (κ2) is 4.43. The highest BCUT2D eigenvalue weighted by molar-refractivity contribution is 6.32. The molecule has 1 saturated heterocycles. The number of halogens is 1. The van der Waals surface area contributed by atoms with Gasteiger partial charge in [-0.25, -0.2) is 10.8 Å². The van der Waals surface area contributed by atoms with E-state index in [0.717, 1.165) is 18.8 Å². The summed E-state index contributed by atoms with van der Waals surface area (Å²) in [6, 6.07) is 0.452. The molecule has 2 heterocycles. The Labute approximate surface area is 100.0 Å². The number of hydrazine groups is 1. The quantitative estimate of drug-likeness (QED) is 0.609. The van der Waals surface area contributed by atoms with E-state index in [0.29, 0.717) is 22.9 Å². The minimum atomic E-state index is 0.395. The highest BCUT2D eigenvalue weighted by Gasteiger charge is 2.28. The Morgan fingerprint density at radius 3 is 2.88 bits per heavy atom. The summed E-state index contributed by atoms with van der Waals surface area (Å²) in [7, 11) is 0. The molecule has 88 valence electrons. The van der Waals surface area contributed by atoms with Gasteiger partial charge in [-0.15, -0.1) is 0 Å². The molecular weight excluding hydrogens is 226 g/mol. The van der Waals surface area contributed by atoms with E-state index in [1.807, 2.05) is 0 Å². The monoisotopic (exact) mass is 241 g/mol. The highest BCUT2D eigenvalue weighted by atomic mass is 35.5. The maximum Gasteiger partial charge on any atom is 0.239 e. The fourth-order valence-corrected chi connectivity index (χ4v) is 2.42. The fourth-order valence-electron chi connectivity index (χ4n) is 2.22. The lowest BCUT2D eigenvalue weighted by molar-refractivity contribution is 0.625. The molecule has 5 nitrogen and oxygen atoms in total. The number of aromatic nitrogens is 2. The molecule has 3 N–H and O–H groups in total. The van der Waals surface area contributed by atoms with Gasteiger partial charge in [-0.2, -0.15) is 4.98 Å². The molecular formula is C10H16ClN5. The minimum Gasteiger partial charge on any atom is -0.352 e. The maximum absolute atomic E-state index is 6.11. The maximum atomic E-state index is 6.11. The van der Waals surface area contributed by atoms with Gasteiger partial charge >= 0.3 is 0 Å². The third kappa shape index (κ3) is 2.05. The Morgan fingerprint density at radius 2 is 2.31 bits per heavy atom.